The Morgan fingerprint density at radius 3 is 2.79 bits per heavy atom. The summed E-state index contributed by atoms with van der Waals surface area (Å²) in [6.45, 7) is 5.78. The number of hydrogen-bond donors (Lipinski definition) is 2. The second-order valence-electron chi connectivity index (χ2n) is 6.90. The van der Waals surface area contributed by atoms with E-state index in [4.69, 9.17) is 21.1 Å². The number of nitrogens with one attached hydrogen (secondary N) is 2. The topological polar surface area (TPSA) is 76.7 Å². The molecule has 0 saturated heterocycles. The van der Waals surface area contributed by atoms with Crippen LogP contribution in [0, 0.1) is 19.8 Å². The number of halogens is 1. The minimum absolute atomic E-state index is 0.241. The third-order valence-electron chi connectivity index (χ3n) is 4.84. The molecule has 6 nitrogen and oxygen atoms in total. The molecule has 1 aliphatic heterocycles. The van der Waals surface area contributed by atoms with Crippen molar-refractivity contribution in [2.45, 2.75) is 33.3 Å². The Morgan fingerprint density at radius 1 is 1.21 bits per heavy atom. The summed E-state index contributed by atoms with van der Waals surface area (Å²) in [6.07, 6.45) is -0.269. The van der Waals surface area contributed by atoms with E-state index in [2.05, 4.69) is 10.9 Å². The number of hydrazine groups is 1. The molecule has 0 saturated carbocycles. The second-order valence-corrected chi connectivity index (χ2v) is 7.34. The minimum Gasteiger partial charge on any atom is -0.492 e. The molecule has 1 aliphatic rings. The van der Waals surface area contributed by atoms with Crippen LogP contribution in [0.5, 0.6) is 11.5 Å². The fourth-order valence-corrected chi connectivity index (χ4v) is 3.15. The number of amides is 2. The van der Waals surface area contributed by atoms with Crippen LogP contribution in [0.4, 0.5) is 0 Å². The molecule has 0 aliphatic carbocycles. The normalized spacial score (nSPS) is 16.4. The highest BCUT2D eigenvalue weighted by atomic mass is 35.5. The van der Waals surface area contributed by atoms with Gasteiger partial charge < -0.3 is 9.47 Å². The third kappa shape index (κ3) is 4.57. The molecule has 28 heavy (non-hydrogen) atoms. The number of benzene rings is 2. The van der Waals surface area contributed by atoms with Gasteiger partial charge in [-0.25, -0.2) is 0 Å². The van der Waals surface area contributed by atoms with Gasteiger partial charge in [-0.1, -0.05) is 23.7 Å². The average Bonchev–Trinajstić information content (AvgIpc) is 2.68. The number of aryl methyl sites for hydroxylation is 1. The van der Waals surface area contributed by atoms with Crippen LogP contribution in [-0.4, -0.2) is 24.5 Å². The first-order chi connectivity index (χ1) is 13.3. The van der Waals surface area contributed by atoms with E-state index in [1.165, 1.54) is 0 Å². The lowest BCUT2D eigenvalue weighted by Gasteiger charge is -2.25. The molecule has 1 heterocycles. The standard InChI is InChI=1S/C21H23ClN2O4/c1-12-5-4-6-18(13(12)2)28-14(3)20(25)23-24-21(26)16-9-15-10-17(22)7-8-19(15)27-11-16/h4-8,10,14,16H,9,11H2,1-3H3,(H,23,25)(H,24,26)/t14-,16+/m1/s1. The van der Waals surface area contributed by atoms with Gasteiger partial charge in [0.2, 0.25) is 5.91 Å². The molecule has 3 rings (SSSR count). The van der Waals surface area contributed by atoms with E-state index < -0.39 is 17.9 Å². The Balaban J connectivity index is 1.53. The molecular formula is C21H23ClN2O4. The molecule has 2 amide bonds. The van der Waals surface area contributed by atoms with Gasteiger partial charge >= 0.3 is 0 Å². The molecular weight excluding hydrogens is 380 g/mol. The maximum absolute atomic E-state index is 12.4. The van der Waals surface area contributed by atoms with Gasteiger partial charge in [0, 0.05) is 5.02 Å². The Labute approximate surface area is 169 Å². The zero-order valence-corrected chi connectivity index (χ0v) is 16.8. The van der Waals surface area contributed by atoms with Gasteiger partial charge in [-0.05, 0) is 68.1 Å². The van der Waals surface area contributed by atoms with Gasteiger partial charge in [-0.3, -0.25) is 20.4 Å². The van der Waals surface area contributed by atoms with E-state index in [1.807, 2.05) is 32.0 Å². The van der Waals surface area contributed by atoms with Crippen LogP contribution in [-0.2, 0) is 16.0 Å². The van der Waals surface area contributed by atoms with Crippen molar-refractivity contribution in [3.05, 3.63) is 58.1 Å². The van der Waals surface area contributed by atoms with Crippen molar-refractivity contribution in [2.75, 3.05) is 6.61 Å². The maximum Gasteiger partial charge on any atom is 0.279 e. The van der Waals surface area contributed by atoms with Crippen LogP contribution in [0.3, 0.4) is 0 Å². The SMILES string of the molecule is Cc1cccc(O[C@H](C)C(=O)NNC(=O)[C@@H]2COc3ccc(Cl)cc3C2)c1C. The molecule has 0 spiro atoms. The van der Waals surface area contributed by atoms with E-state index in [0.717, 1.165) is 22.4 Å². The maximum atomic E-state index is 12.4. The highest BCUT2D eigenvalue weighted by Gasteiger charge is 2.27. The third-order valence-corrected chi connectivity index (χ3v) is 5.07. The van der Waals surface area contributed by atoms with Gasteiger partial charge in [0.15, 0.2) is 6.10 Å². The molecule has 2 aromatic rings. The predicted molar refractivity (Wildman–Crippen MR) is 106 cm³/mol. The first-order valence-corrected chi connectivity index (χ1v) is 9.46. The molecule has 148 valence electrons. The second kappa shape index (κ2) is 8.52. The molecule has 2 aromatic carbocycles. The zero-order valence-electron chi connectivity index (χ0n) is 16.0. The predicted octanol–water partition coefficient (Wildman–Crippen LogP) is 3.12. The highest BCUT2D eigenvalue weighted by molar-refractivity contribution is 6.30. The Morgan fingerprint density at radius 2 is 2.00 bits per heavy atom. The number of carbonyl (C=O) groups excluding carboxylic acids is 2. The first kappa shape index (κ1) is 20.0. The quantitative estimate of drug-likeness (QED) is 0.770. The summed E-state index contributed by atoms with van der Waals surface area (Å²) in [7, 11) is 0. The summed E-state index contributed by atoms with van der Waals surface area (Å²) >= 11 is 6.00. The number of rotatable bonds is 4. The van der Waals surface area contributed by atoms with Gasteiger partial charge in [0.25, 0.3) is 5.91 Å². The fourth-order valence-electron chi connectivity index (χ4n) is 2.95. The van der Waals surface area contributed by atoms with Crippen molar-refractivity contribution < 1.29 is 19.1 Å². The van der Waals surface area contributed by atoms with E-state index in [9.17, 15) is 9.59 Å². The van der Waals surface area contributed by atoms with E-state index in [1.54, 1.807) is 25.1 Å². The van der Waals surface area contributed by atoms with Gasteiger partial charge in [-0.15, -0.1) is 0 Å². The summed E-state index contributed by atoms with van der Waals surface area (Å²) < 4.78 is 11.3. The molecule has 7 heteroatoms. The van der Waals surface area contributed by atoms with E-state index in [-0.39, 0.29) is 12.5 Å². The number of hydrogen-bond acceptors (Lipinski definition) is 4. The monoisotopic (exact) mass is 402 g/mol. The Hall–Kier alpha value is -2.73. The van der Waals surface area contributed by atoms with E-state index >= 15 is 0 Å². The fraction of sp³-hybridized carbons (Fsp3) is 0.333. The van der Waals surface area contributed by atoms with Crippen LogP contribution in [0.2, 0.25) is 5.02 Å². The minimum atomic E-state index is -0.761. The molecule has 0 bridgehead atoms. The Bertz CT molecular complexity index is 900. The zero-order chi connectivity index (χ0) is 20.3. The van der Waals surface area contributed by atoms with Gasteiger partial charge in [0.05, 0.1) is 5.92 Å². The molecule has 0 radical (unpaired) electrons. The smallest absolute Gasteiger partial charge is 0.279 e. The Kier molecular flexibility index (Phi) is 6.09. The lowest BCUT2D eigenvalue weighted by Crippen LogP contribution is -2.50. The highest BCUT2D eigenvalue weighted by Crippen LogP contribution is 2.29. The van der Waals surface area contributed by atoms with Crippen LogP contribution in [0.1, 0.15) is 23.6 Å². The number of carbonyl (C=O) groups is 2. The van der Waals surface area contributed by atoms with Crippen molar-refractivity contribution in [1.29, 1.82) is 0 Å². The van der Waals surface area contributed by atoms with Gasteiger partial charge in [0.1, 0.15) is 18.1 Å². The van der Waals surface area contributed by atoms with Crippen molar-refractivity contribution >= 4 is 23.4 Å². The largest absolute Gasteiger partial charge is 0.492 e. The summed E-state index contributed by atoms with van der Waals surface area (Å²) in [5, 5.41) is 0.592. The van der Waals surface area contributed by atoms with Crippen molar-refractivity contribution in [2.24, 2.45) is 5.92 Å². The van der Waals surface area contributed by atoms with Crippen molar-refractivity contribution in [3.63, 3.8) is 0 Å². The lowest BCUT2D eigenvalue weighted by atomic mass is 9.96. The first-order valence-electron chi connectivity index (χ1n) is 9.09. The molecule has 0 unspecified atom stereocenters. The summed E-state index contributed by atoms with van der Waals surface area (Å²) in [6, 6.07) is 11.0. The van der Waals surface area contributed by atoms with Crippen LogP contribution < -0.4 is 20.3 Å². The van der Waals surface area contributed by atoms with Crippen LogP contribution in [0.15, 0.2) is 36.4 Å². The summed E-state index contributed by atoms with van der Waals surface area (Å²) in [4.78, 5) is 24.7. The number of fused-ring (bicyclic) bond motifs is 1. The molecule has 2 atom stereocenters. The van der Waals surface area contributed by atoms with Crippen LogP contribution >= 0.6 is 11.6 Å². The average molecular weight is 403 g/mol. The van der Waals surface area contributed by atoms with Crippen LogP contribution in [0.25, 0.3) is 0 Å². The number of ether oxygens (including phenoxy) is 2. The summed E-state index contributed by atoms with van der Waals surface area (Å²) in [5.74, 6) is 0.199. The lowest BCUT2D eigenvalue weighted by molar-refractivity contribution is -0.135. The molecule has 2 N–H and O–H groups in total. The summed E-state index contributed by atoms with van der Waals surface area (Å²) in [5.41, 5.74) is 7.81. The molecule has 0 aromatic heterocycles. The van der Waals surface area contributed by atoms with Crippen molar-refractivity contribution in [1.82, 2.24) is 10.9 Å². The van der Waals surface area contributed by atoms with E-state index in [0.29, 0.717) is 17.2 Å². The molecule has 0 fully saturated rings. The van der Waals surface area contributed by atoms with Gasteiger partial charge in [-0.2, -0.15) is 0 Å². The van der Waals surface area contributed by atoms with Crippen molar-refractivity contribution in [3.8, 4) is 11.5 Å².